The Morgan fingerprint density at radius 2 is 1.96 bits per heavy atom. The smallest absolute Gasteiger partial charge is 0.243 e. The van der Waals surface area contributed by atoms with Gasteiger partial charge in [-0.1, -0.05) is 44.1 Å². The minimum atomic E-state index is 0.0265. The van der Waals surface area contributed by atoms with Gasteiger partial charge >= 0.3 is 0 Å². The van der Waals surface area contributed by atoms with Crippen molar-refractivity contribution in [3.05, 3.63) is 29.3 Å². The predicted molar refractivity (Wildman–Crippen MR) is 103 cm³/mol. The van der Waals surface area contributed by atoms with Gasteiger partial charge in [0, 0.05) is 10.7 Å². The number of rotatable bonds is 2. The van der Waals surface area contributed by atoms with Crippen molar-refractivity contribution < 1.29 is 4.79 Å². The van der Waals surface area contributed by atoms with Gasteiger partial charge < -0.3 is 0 Å². The second-order valence-electron chi connectivity index (χ2n) is 7.40. The van der Waals surface area contributed by atoms with Crippen molar-refractivity contribution in [2.24, 2.45) is 21.5 Å². The number of anilines is 1. The first-order chi connectivity index (χ1) is 11.3. The molecule has 1 saturated carbocycles. The minimum absolute atomic E-state index is 0.0265. The zero-order valence-corrected chi connectivity index (χ0v) is 15.8. The highest BCUT2D eigenvalue weighted by Crippen LogP contribution is 2.37. The van der Waals surface area contributed by atoms with Crippen LogP contribution >= 0.6 is 23.4 Å². The Hall–Kier alpha value is -1.33. The average molecular weight is 364 g/mol. The molecule has 1 atom stereocenters. The summed E-state index contributed by atoms with van der Waals surface area (Å²) in [7, 11) is 0. The summed E-state index contributed by atoms with van der Waals surface area (Å²) >= 11 is 7.37. The van der Waals surface area contributed by atoms with Gasteiger partial charge in [0.05, 0.1) is 11.4 Å². The second kappa shape index (κ2) is 6.89. The second-order valence-corrected chi connectivity index (χ2v) is 8.78. The molecule has 2 aliphatic rings. The van der Waals surface area contributed by atoms with E-state index in [1.807, 2.05) is 12.1 Å². The zero-order chi connectivity index (χ0) is 17.3. The third-order valence-corrected chi connectivity index (χ3v) is 5.46. The number of halogens is 1. The number of thioether (sulfide) groups is 1. The Morgan fingerprint density at radius 1 is 1.25 bits per heavy atom. The van der Waals surface area contributed by atoms with Crippen LogP contribution in [0.5, 0.6) is 0 Å². The maximum absolute atomic E-state index is 12.2. The molecule has 1 aliphatic carbocycles. The molecule has 2 fully saturated rings. The Labute approximate surface area is 152 Å². The number of amidine groups is 1. The van der Waals surface area contributed by atoms with Crippen molar-refractivity contribution in [1.29, 1.82) is 0 Å². The molecule has 1 aromatic carbocycles. The molecular weight excluding hydrogens is 342 g/mol. The molecule has 1 saturated heterocycles. The lowest BCUT2D eigenvalue weighted by Gasteiger charge is -2.34. The highest BCUT2D eigenvalue weighted by Gasteiger charge is 2.31. The van der Waals surface area contributed by atoms with Gasteiger partial charge in [0.2, 0.25) is 5.91 Å². The highest BCUT2D eigenvalue weighted by atomic mass is 35.5. The molecule has 1 aromatic rings. The van der Waals surface area contributed by atoms with E-state index in [4.69, 9.17) is 11.6 Å². The molecule has 6 heteroatoms. The van der Waals surface area contributed by atoms with E-state index in [9.17, 15) is 4.79 Å². The van der Waals surface area contributed by atoms with Crippen LogP contribution < -0.4 is 4.90 Å². The molecule has 128 valence electrons. The first-order valence-corrected chi connectivity index (χ1v) is 9.55. The maximum Gasteiger partial charge on any atom is 0.243 e. The first kappa shape index (κ1) is 17.5. The van der Waals surface area contributed by atoms with Crippen LogP contribution in [-0.4, -0.2) is 22.5 Å². The van der Waals surface area contributed by atoms with Gasteiger partial charge in [0.25, 0.3) is 0 Å². The fourth-order valence-corrected chi connectivity index (χ4v) is 4.53. The quantitative estimate of drug-likeness (QED) is 0.695. The largest absolute Gasteiger partial charge is 0.273 e. The van der Waals surface area contributed by atoms with E-state index < -0.39 is 0 Å². The Balaban J connectivity index is 1.84. The summed E-state index contributed by atoms with van der Waals surface area (Å²) in [5, 5.41) is 10.2. The van der Waals surface area contributed by atoms with Crippen LogP contribution in [0.25, 0.3) is 0 Å². The van der Waals surface area contributed by atoms with Crippen molar-refractivity contribution in [2.75, 3.05) is 10.7 Å². The number of hydrogen-bond donors (Lipinski definition) is 0. The zero-order valence-electron chi connectivity index (χ0n) is 14.3. The van der Waals surface area contributed by atoms with Gasteiger partial charge in [-0.05, 0) is 54.9 Å². The van der Waals surface area contributed by atoms with Crippen molar-refractivity contribution in [2.45, 2.75) is 40.0 Å². The molecule has 4 nitrogen and oxygen atoms in total. The monoisotopic (exact) mass is 363 g/mol. The lowest BCUT2D eigenvalue weighted by atomic mass is 9.72. The van der Waals surface area contributed by atoms with Crippen LogP contribution in [0.1, 0.15) is 40.0 Å². The predicted octanol–water partition coefficient (Wildman–Crippen LogP) is 4.98. The van der Waals surface area contributed by atoms with E-state index in [1.165, 1.54) is 18.2 Å². The molecule has 1 heterocycles. The van der Waals surface area contributed by atoms with Crippen molar-refractivity contribution in [3.8, 4) is 0 Å². The lowest BCUT2D eigenvalue weighted by Crippen LogP contribution is -2.29. The van der Waals surface area contributed by atoms with Crippen molar-refractivity contribution in [1.82, 2.24) is 0 Å². The summed E-state index contributed by atoms with van der Waals surface area (Å²) in [6, 6.07) is 7.23. The average Bonchev–Trinajstić information content (AvgIpc) is 2.85. The van der Waals surface area contributed by atoms with Gasteiger partial charge in [0.1, 0.15) is 0 Å². The minimum Gasteiger partial charge on any atom is -0.273 e. The topological polar surface area (TPSA) is 45.0 Å². The SMILES string of the molecule is CC1C/C(=N/N=C2\SCC(=O)N2c2ccc(Cl)cc2)CC(C)(C)C1. The van der Waals surface area contributed by atoms with Gasteiger partial charge in [0.15, 0.2) is 5.17 Å². The molecule has 0 radical (unpaired) electrons. The van der Waals surface area contributed by atoms with Gasteiger partial charge in [-0.2, -0.15) is 5.10 Å². The molecular formula is C18H22ClN3OS. The Morgan fingerprint density at radius 3 is 2.62 bits per heavy atom. The summed E-state index contributed by atoms with van der Waals surface area (Å²) < 4.78 is 0. The number of carbonyl (C=O) groups excluding carboxylic acids is 1. The van der Waals surface area contributed by atoms with Crippen molar-refractivity contribution >= 4 is 45.8 Å². The number of benzene rings is 1. The van der Waals surface area contributed by atoms with Crippen LogP contribution in [0.3, 0.4) is 0 Å². The number of hydrogen-bond acceptors (Lipinski definition) is 4. The molecule has 0 aromatic heterocycles. The summed E-state index contributed by atoms with van der Waals surface area (Å²) in [4.78, 5) is 13.8. The third-order valence-electron chi connectivity index (χ3n) is 4.29. The molecule has 0 spiro atoms. The van der Waals surface area contributed by atoms with Crippen LogP contribution in [0, 0.1) is 11.3 Å². The number of amides is 1. The Kier molecular flexibility index (Phi) is 5.02. The summed E-state index contributed by atoms with van der Waals surface area (Å²) in [5.41, 5.74) is 2.18. The standard InChI is InChI=1S/C18H22ClN3OS/c1-12-8-14(10-18(2,3)9-12)20-21-17-22(16(23)11-24-17)15-6-4-13(19)5-7-15/h4-7,12H,8-11H2,1-3H3/b20-14-,21-17-. The van der Waals surface area contributed by atoms with Crippen LogP contribution in [-0.2, 0) is 4.79 Å². The summed E-state index contributed by atoms with van der Waals surface area (Å²) in [6.45, 7) is 6.82. The Bertz CT molecular complexity index is 697. The molecule has 3 rings (SSSR count). The maximum atomic E-state index is 12.2. The molecule has 0 bridgehead atoms. The first-order valence-electron chi connectivity index (χ1n) is 8.19. The fourth-order valence-electron chi connectivity index (χ4n) is 3.58. The van der Waals surface area contributed by atoms with Crippen LogP contribution in [0.4, 0.5) is 5.69 Å². The summed E-state index contributed by atoms with van der Waals surface area (Å²) in [5.74, 6) is 1.05. The fraction of sp³-hybridized carbons (Fsp3) is 0.500. The van der Waals surface area contributed by atoms with Gasteiger partial charge in [-0.25, -0.2) is 0 Å². The van der Waals surface area contributed by atoms with Gasteiger partial charge in [-0.15, -0.1) is 5.10 Å². The molecule has 0 N–H and O–H groups in total. The molecule has 1 aliphatic heterocycles. The highest BCUT2D eigenvalue weighted by molar-refractivity contribution is 8.15. The van der Waals surface area contributed by atoms with E-state index >= 15 is 0 Å². The van der Waals surface area contributed by atoms with E-state index in [-0.39, 0.29) is 11.3 Å². The van der Waals surface area contributed by atoms with Gasteiger partial charge in [-0.3, -0.25) is 9.69 Å². The summed E-state index contributed by atoms with van der Waals surface area (Å²) in [6.07, 6.45) is 3.17. The van der Waals surface area contributed by atoms with E-state index in [0.717, 1.165) is 24.2 Å². The molecule has 1 amide bonds. The van der Waals surface area contributed by atoms with E-state index in [2.05, 4.69) is 31.0 Å². The lowest BCUT2D eigenvalue weighted by molar-refractivity contribution is -0.115. The van der Waals surface area contributed by atoms with Crippen LogP contribution in [0.2, 0.25) is 5.02 Å². The number of nitrogens with zero attached hydrogens (tertiary/aromatic N) is 3. The normalized spacial score (nSPS) is 27.2. The third kappa shape index (κ3) is 4.01. The molecule has 24 heavy (non-hydrogen) atoms. The van der Waals surface area contributed by atoms with Crippen molar-refractivity contribution in [3.63, 3.8) is 0 Å². The number of carbonyl (C=O) groups is 1. The van der Waals surface area contributed by atoms with E-state index in [0.29, 0.717) is 21.9 Å². The van der Waals surface area contributed by atoms with Crippen LogP contribution in [0.15, 0.2) is 34.5 Å². The van der Waals surface area contributed by atoms with E-state index in [1.54, 1.807) is 17.0 Å². The molecule has 1 unspecified atom stereocenters.